The second-order valence-corrected chi connectivity index (χ2v) is 11.1. The Labute approximate surface area is 194 Å². The van der Waals surface area contributed by atoms with Gasteiger partial charge in [-0.25, -0.2) is 13.4 Å². The second kappa shape index (κ2) is 10.6. The molecule has 0 bridgehead atoms. The third-order valence-electron chi connectivity index (χ3n) is 5.22. The average molecular weight is 474 g/mol. The molecule has 2 aromatic carbocycles. The number of thiazole rings is 1. The van der Waals surface area contributed by atoms with E-state index in [2.05, 4.69) is 24.1 Å². The summed E-state index contributed by atoms with van der Waals surface area (Å²) < 4.78 is 28.8. The highest BCUT2D eigenvalue weighted by atomic mass is 32.2. The molecule has 1 amide bonds. The van der Waals surface area contributed by atoms with Crippen molar-refractivity contribution in [3.63, 3.8) is 0 Å². The molecule has 3 aromatic rings. The number of hydrogen-bond donors (Lipinski definition) is 1. The zero-order chi connectivity index (χ0) is 23.3. The van der Waals surface area contributed by atoms with Gasteiger partial charge in [0.1, 0.15) is 0 Å². The Morgan fingerprint density at radius 1 is 1.00 bits per heavy atom. The molecule has 0 spiro atoms. The number of amides is 1. The number of carbonyl (C=O) groups excluding carboxylic acids is 1. The van der Waals surface area contributed by atoms with Gasteiger partial charge in [0.25, 0.3) is 5.91 Å². The number of fused-ring (bicyclic) bond motifs is 1. The van der Waals surface area contributed by atoms with E-state index in [0.29, 0.717) is 29.3 Å². The van der Waals surface area contributed by atoms with Crippen LogP contribution in [0.4, 0.5) is 5.13 Å². The van der Waals surface area contributed by atoms with E-state index < -0.39 is 10.0 Å². The number of carbonyl (C=O) groups is 1. The highest BCUT2D eigenvalue weighted by molar-refractivity contribution is 7.89. The van der Waals surface area contributed by atoms with Gasteiger partial charge in [-0.1, -0.05) is 55.2 Å². The molecule has 0 aliphatic rings. The summed E-state index contributed by atoms with van der Waals surface area (Å²) in [4.78, 5) is 17.4. The Kier molecular flexibility index (Phi) is 8.03. The first-order valence-electron chi connectivity index (χ1n) is 11.0. The number of rotatable bonds is 10. The molecule has 1 N–H and O–H groups in total. The lowest BCUT2D eigenvalue weighted by atomic mass is 10.1. The molecule has 1 aromatic heterocycles. The molecule has 1 heterocycles. The molecule has 0 aliphatic carbocycles. The van der Waals surface area contributed by atoms with Crippen LogP contribution in [0.2, 0.25) is 0 Å². The molecule has 0 fully saturated rings. The molecular weight excluding hydrogens is 442 g/mol. The molecule has 8 heteroatoms. The fourth-order valence-corrected chi connectivity index (χ4v) is 6.08. The maximum Gasteiger partial charge on any atom is 0.257 e. The van der Waals surface area contributed by atoms with Crippen LogP contribution in [0.25, 0.3) is 10.2 Å². The van der Waals surface area contributed by atoms with Crippen molar-refractivity contribution in [1.82, 2.24) is 9.29 Å². The van der Waals surface area contributed by atoms with Crippen LogP contribution >= 0.6 is 11.3 Å². The SMILES string of the molecule is CCCCN(CCCC)S(=O)(=O)c1ccc2nc(NC(=O)c3cc(C)cc(C)c3)sc2c1. The first-order chi connectivity index (χ1) is 15.2. The number of benzene rings is 2. The molecule has 0 saturated heterocycles. The predicted octanol–water partition coefficient (Wildman–Crippen LogP) is 5.76. The fraction of sp³-hybridized carbons (Fsp3) is 0.417. The van der Waals surface area contributed by atoms with Crippen LogP contribution in [0.5, 0.6) is 0 Å². The summed E-state index contributed by atoms with van der Waals surface area (Å²) in [7, 11) is -3.58. The van der Waals surface area contributed by atoms with Gasteiger partial charge in [0.15, 0.2) is 5.13 Å². The van der Waals surface area contributed by atoms with Crippen LogP contribution in [0.3, 0.4) is 0 Å². The Bertz CT molecular complexity index is 1170. The largest absolute Gasteiger partial charge is 0.298 e. The summed E-state index contributed by atoms with van der Waals surface area (Å²) in [5.41, 5.74) is 3.28. The average Bonchev–Trinajstić information content (AvgIpc) is 3.14. The van der Waals surface area contributed by atoms with Gasteiger partial charge in [-0.3, -0.25) is 10.1 Å². The molecule has 0 aliphatic heterocycles. The minimum absolute atomic E-state index is 0.228. The third kappa shape index (κ3) is 5.74. The highest BCUT2D eigenvalue weighted by Crippen LogP contribution is 2.30. The molecule has 3 rings (SSSR count). The van der Waals surface area contributed by atoms with Gasteiger partial charge in [-0.2, -0.15) is 4.31 Å². The lowest BCUT2D eigenvalue weighted by Crippen LogP contribution is -2.33. The summed E-state index contributed by atoms with van der Waals surface area (Å²) in [5.74, 6) is -0.228. The van der Waals surface area contributed by atoms with Crippen molar-refractivity contribution in [2.75, 3.05) is 18.4 Å². The van der Waals surface area contributed by atoms with Gasteiger partial charge in [0, 0.05) is 18.7 Å². The van der Waals surface area contributed by atoms with Crippen LogP contribution in [0.15, 0.2) is 41.3 Å². The summed E-state index contributed by atoms with van der Waals surface area (Å²) in [5, 5.41) is 3.30. The molecular formula is C24H31N3O3S2. The molecule has 0 saturated carbocycles. The van der Waals surface area contributed by atoms with Gasteiger partial charge in [0.2, 0.25) is 10.0 Å². The first kappa shape index (κ1) is 24.4. The lowest BCUT2D eigenvalue weighted by Gasteiger charge is -2.21. The van der Waals surface area contributed by atoms with Gasteiger partial charge in [0.05, 0.1) is 15.1 Å². The van der Waals surface area contributed by atoms with Gasteiger partial charge < -0.3 is 0 Å². The van der Waals surface area contributed by atoms with Crippen LogP contribution in [-0.2, 0) is 10.0 Å². The van der Waals surface area contributed by atoms with Gasteiger partial charge >= 0.3 is 0 Å². The zero-order valence-electron chi connectivity index (χ0n) is 19.1. The zero-order valence-corrected chi connectivity index (χ0v) is 20.8. The van der Waals surface area contributed by atoms with Gasteiger partial charge in [-0.05, 0) is 57.0 Å². The van der Waals surface area contributed by atoms with Crippen molar-refractivity contribution < 1.29 is 13.2 Å². The molecule has 0 atom stereocenters. The van der Waals surface area contributed by atoms with Crippen LogP contribution in [0, 0.1) is 13.8 Å². The van der Waals surface area contributed by atoms with Gasteiger partial charge in [-0.15, -0.1) is 0 Å². The molecule has 172 valence electrons. The monoisotopic (exact) mass is 473 g/mol. The predicted molar refractivity (Wildman–Crippen MR) is 132 cm³/mol. The van der Waals surface area contributed by atoms with Crippen molar-refractivity contribution in [2.24, 2.45) is 0 Å². The van der Waals surface area contributed by atoms with Crippen molar-refractivity contribution in [3.8, 4) is 0 Å². The third-order valence-corrected chi connectivity index (χ3v) is 8.05. The van der Waals surface area contributed by atoms with E-state index in [4.69, 9.17) is 0 Å². The molecule has 0 radical (unpaired) electrons. The normalized spacial score (nSPS) is 11.9. The molecule has 32 heavy (non-hydrogen) atoms. The molecule has 0 unspecified atom stereocenters. The Balaban J connectivity index is 1.85. The van der Waals surface area contributed by atoms with E-state index in [1.165, 1.54) is 11.3 Å². The minimum Gasteiger partial charge on any atom is -0.298 e. The van der Waals surface area contributed by atoms with E-state index in [0.717, 1.165) is 41.5 Å². The summed E-state index contributed by atoms with van der Waals surface area (Å²) >= 11 is 1.28. The number of anilines is 1. The Hall–Kier alpha value is -2.29. The quantitative estimate of drug-likeness (QED) is 0.406. The number of sulfonamides is 1. The minimum atomic E-state index is -3.58. The lowest BCUT2D eigenvalue weighted by molar-refractivity contribution is 0.102. The second-order valence-electron chi connectivity index (χ2n) is 8.09. The van der Waals surface area contributed by atoms with Crippen molar-refractivity contribution >= 4 is 42.6 Å². The van der Waals surface area contributed by atoms with E-state index >= 15 is 0 Å². The van der Waals surface area contributed by atoms with E-state index in [-0.39, 0.29) is 10.8 Å². The van der Waals surface area contributed by atoms with E-state index in [1.54, 1.807) is 22.5 Å². The van der Waals surface area contributed by atoms with E-state index in [9.17, 15) is 13.2 Å². The Morgan fingerprint density at radius 2 is 1.62 bits per heavy atom. The number of hydrogen-bond acceptors (Lipinski definition) is 5. The number of nitrogens with zero attached hydrogens (tertiary/aromatic N) is 2. The highest BCUT2D eigenvalue weighted by Gasteiger charge is 2.24. The van der Waals surface area contributed by atoms with E-state index in [1.807, 2.05) is 32.0 Å². The number of aryl methyl sites for hydroxylation is 2. The topological polar surface area (TPSA) is 79.4 Å². The summed E-state index contributed by atoms with van der Waals surface area (Å²) in [6, 6.07) is 10.7. The van der Waals surface area contributed by atoms with Crippen molar-refractivity contribution in [2.45, 2.75) is 58.3 Å². The standard InChI is InChI=1S/C24H31N3O3S2/c1-5-7-11-27(12-8-6-2)32(29,30)20-9-10-21-22(16-20)31-24(25-21)26-23(28)19-14-17(3)13-18(4)15-19/h9-10,13-16H,5-8,11-12H2,1-4H3,(H,25,26,28). The van der Waals surface area contributed by atoms with Crippen LogP contribution in [0.1, 0.15) is 61.0 Å². The fourth-order valence-electron chi connectivity index (χ4n) is 3.56. The number of aromatic nitrogens is 1. The van der Waals surface area contributed by atoms with Crippen molar-refractivity contribution in [3.05, 3.63) is 53.1 Å². The maximum atomic E-state index is 13.3. The smallest absolute Gasteiger partial charge is 0.257 e. The maximum absolute atomic E-state index is 13.3. The van der Waals surface area contributed by atoms with Crippen LogP contribution in [-0.4, -0.2) is 36.7 Å². The number of unbranched alkanes of at least 4 members (excludes halogenated alkanes) is 2. The van der Waals surface area contributed by atoms with Crippen molar-refractivity contribution in [1.29, 1.82) is 0 Å². The number of nitrogens with one attached hydrogen (secondary N) is 1. The Morgan fingerprint density at radius 3 is 2.22 bits per heavy atom. The van der Waals surface area contributed by atoms with Crippen LogP contribution < -0.4 is 5.32 Å². The summed E-state index contributed by atoms with van der Waals surface area (Å²) in [6.45, 7) is 9.07. The summed E-state index contributed by atoms with van der Waals surface area (Å²) in [6.07, 6.45) is 3.55. The molecule has 6 nitrogen and oxygen atoms in total. The first-order valence-corrected chi connectivity index (χ1v) is 13.3.